The van der Waals surface area contributed by atoms with Gasteiger partial charge in [0.05, 0.1) is 22.7 Å². The Morgan fingerprint density at radius 3 is 2.08 bits per heavy atom. The molecule has 2 fully saturated rings. The van der Waals surface area contributed by atoms with E-state index in [1.54, 1.807) is 23.1 Å². The third-order valence-electron chi connectivity index (χ3n) is 9.98. The van der Waals surface area contributed by atoms with Crippen LogP contribution in [0.25, 0.3) is 22.5 Å². The van der Waals surface area contributed by atoms with Crippen LogP contribution in [0.4, 0.5) is 17.3 Å². The third-order valence-corrected chi connectivity index (χ3v) is 9.98. The van der Waals surface area contributed by atoms with Crippen LogP contribution < -0.4 is 21.1 Å². The molecule has 2 aromatic heterocycles. The Balaban J connectivity index is 1.10. The van der Waals surface area contributed by atoms with Crippen molar-refractivity contribution in [2.75, 3.05) is 49.2 Å². The molecule has 1 amide bonds. The Bertz CT molecular complexity index is 1830. The molecule has 50 heavy (non-hydrogen) atoms. The molecular weight excluding hydrogens is 636 g/mol. The van der Waals surface area contributed by atoms with E-state index in [-0.39, 0.29) is 30.1 Å². The molecule has 0 spiro atoms. The second-order valence-corrected chi connectivity index (χ2v) is 14.1. The first-order chi connectivity index (χ1) is 23.8. The number of nitrogens with two attached hydrogens (primary N) is 2. The Labute approximate surface area is 291 Å². The van der Waals surface area contributed by atoms with Crippen LogP contribution in [-0.2, 0) is 4.79 Å². The summed E-state index contributed by atoms with van der Waals surface area (Å²) in [6, 6.07) is 18.3. The quantitative estimate of drug-likeness (QED) is 0.170. The molecule has 7 N–H and O–H groups in total. The van der Waals surface area contributed by atoms with Gasteiger partial charge in [-0.2, -0.15) is 0 Å². The van der Waals surface area contributed by atoms with E-state index in [0.29, 0.717) is 86.2 Å². The number of nitrogen functional groups attached to an aromatic ring is 2. The number of aromatic hydroxyl groups is 1. The molecule has 13 nitrogen and oxygen atoms in total. The van der Waals surface area contributed by atoms with Crippen molar-refractivity contribution < 1.29 is 24.9 Å². The van der Waals surface area contributed by atoms with Crippen LogP contribution in [0.5, 0.6) is 11.5 Å². The highest BCUT2D eigenvalue weighted by Crippen LogP contribution is 2.38. The molecule has 0 radical (unpaired) electrons. The van der Waals surface area contributed by atoms with Gasteiger partial charge in [-0.1, -0.05) is 24.3 Å². The summed E-state index contributed by atoms with van der Waals surface area (Å²) >= 11 is 0. The number of benzene rings is 2. The normalized spacial score (nSPS) is 17.4. The van der Waals surface area contributed by atoms with Crippen molar-refractivity contribution in [3.8, 4) is 34.0 Å². The molecule has 2 aliphatic rings. The van der Waals surface area contributed by atoms with Crippen molar-refractivity contribution in [2.24, 2.45) is 5.92 Å². The Morgan fingerprint density at radius 2 is 1.42 bits per heavy atom. The van der Waals surface area contributed by atoms with Crippen LogP contribution in [0.1, 0.15) is 57.9 Å². The summed E-state index contributed by atoms with van der Waals surface area (Å²) in [6.07, 6.45) is 2.80. The number of hydrogen-bond donors (Lipinski definition) is 5. The minimum Gasteiger partial charge on any atom is -0.507 e. The van der Waals surface area contributed by atoms with Crippen LogP contribution in [0, 0.1) is 5.92 Å². The van der Waals surface area contributed by atoms with E-state index in [1.165, 1.54) is 13.8 Å². The topological polar surface area (TPSA) is 197 Å². The van der Waals surface area contributed by atoms with Crippen molar-refractivity contribution in [3.05, 3.63) is 66.2 Å². The first-order valence-corrected chi connectivity index (χ1v) is 17.1. The summed E-state index contributed by atoms with van der Waals surface area (Å²) in [4.78, 5) is 16.4. The van der Waals surface area contributed by atoms with Crippen molar-refractivity contribution in [1.29, 1.82) is 0 Å². The van der Waals surface area contributed by atoms with E-state index < -0.39 is 11.2 Å². The second-order valence-electron chi connectivity index (χ2n) is 14.1. The predicted molar refractivity (Wildman–Crippen MR) is 191 cm³/mol. The minimum absolute atomic E-state index is 0.0309. The number of para-hydroxylation sites is 2. The number of likely N-dealkylation sites (tertiary alicyclic amines) is 1. The average Bonchev–Trinajstić information content (AvgIpc) is 3.11. The summed E-state index contributed by atoms with van der Waals surface area (Å²) in [6.45, 7) is 7.25. The maximum atomic E-state index is 12.6. The molecule has 0 bridgehead atoms. The van der Waals surface area contributed by atoms with E-state index in [1.807, 2.05) is 49.4 Å². The fraction of sp³-hybridized carbons (Fsp3) is 0.432. The van der Waals surface area contributed by atoms with Crippen LogP contribution in [0.15, 0.2) is 60.7 Å². The number of piperidine rings is 2. The average molecular weight is 683 g/mol. The van der Waals surface area contributed by atoms with Crippen LogP contribution in [0.3, 0.4) is 0 Å². The number of aromatic nitrogens is 4. The lowest BCUT2D eigenvalue weighted by molar-refractivity contribution is -0.148. The van der Waals surface area contributed by atoms with Crippen LogP contribution in [0.2, 0.25) is 0 Å². The van der Waals surface area contributed by atoms with Gasteiger partial charge in [0, 0.05) is 42.9 Å². The van der Waals surface area contributed by atoms with Gasteiger partial charge in [0.1, 0.15) is 29.5 Å². The molecular formula is C37H46N8O5. The second kappa shape index (κ2) is 14.1. The molecule has 2 aromatic carbocycles. The monoisotopic (exact) mass is 682 g/mol. The fourth-order valence-electron chi connectivity index (χ4n) is 7.01. The molecule has 6 rings (SSSR count). The zero-order chi connectivity index (χ0) is 35.6. The molecule has 2 saturated heterocycles. The maximum Gasteiger partial charge on any atom is 0.253 e. The number of nitrogens with zero attached hydrogens (tertiary/aromatic N) is 6. The zero-order valence-electron chi connectivity index (χ0n) is 28.8. The SMILES string of the molecule is CC(C)(O)C(=O)N1CCC(c2cc(-c3ccccc3OCC(C)(O)C3CCN(c4cc(-c5ccccc5O)nnc4N)CC3)nnc2N)CC1. The van der Waals surface area contributed by atoms with Gasteiger partial charge in [-0.15, -0.1) is 20.4 Å². The number of phenolic OH excluding ortho intramolecular Hbond substituents is 1. The van der Waals surface area contributed by atoms with Gasteiger partial charge in [0.15, 0.2) is 5.82 Å². The molecule has 1 atom stereocenters. The fourth-order valence-corrected chi connectivity index (χ4v) is 7.01. The van der Waals surface area contributed by atoms with E-state index in [9.17, 15) is 20.1 Å². The summed E-state index contributed by atoms with van der Waals surface area (Å²) in [5.41, 5.74) is 14.1. The van der Waals surface area contributed by atoms with Crippen molar-refractivity contribution in [1.82, 2.24) is 25.3 Å². The Morgan fingerprint density at radius 1 is 0.820 bits per heavy atom. The van der Waals surface area contributed by atoms with Crippen molar-refractivity contribution in [3.63, 3.8) is 0 Å². The lowest BCUT2D eigenvalue weighted by atomic mass is 9.82. The number of aliphatic hydroxyl groups is 2. The molecule has 4 heterocycles. The number of amides is 1. The van der Waals surface area contributed by atoms with Crippen LogP contribution in [-0.4, -0.2) is 90.5 Å². The summed E-state index contributed by atoms with van der Waals surface area (Å²) in [5, 5.41) is 49.2. The standard InChI is InChI=1S/C37H46N8O5/c1-36(2,48)35(47)45-16-12-23(13-17-45)27-20-28(40-42-33(27)38)26-9-5-7-11-32(26)50-22-37(3,49)24-14-18-44(19-15-24)30-21-29(41-43-34(30)39)25-8-4-6-10-31(25)46/h4-11,20-21,23-24,46,48-49H,12-19,22H2,1-3H3,(H2,38,42)(H2,39,43). The number of carbonyl (C=O) groups is 1. The number of carbonyl (C=O) groups excluding carboxylic acids is 1. The van der Waals surface area contributed by atoms with E-state index in [2.05, 4.69) is 25.3 Å². The molecule has 2 aliphatic heterocycles. The largest absolute Gasteiger partial charge is 0.507 e. The number of ether oxygens (including phenoxy) is 1. The lowest BCUT2D eigenvalue weighted by Crippen LogP contribution is -2.48. The van der Waals surface area contributed by atoms with Gasteiger partial charge >= 0.3 is 0 Å². The van der Waals surface area contributed by atoms with Gasteiger partial charge in [-0.25, -0.2) is 0 Å². The van der Waals surface area contributed by atoms with Gasteiger partial charge in [-0.05, 0) is 94.7 Å². The molecule has 4 aromatic rings. The Hall–Kier alpha value is -5.01. The molecule has 264 valence electrons. The number of phenols is 1. The van der Waals surface area contributed by atoms with E-state index in [0.717, 1.165) is 16.8 Å². The smallest absolute Gasteiger partial charge is 0.253 e. The van der Waals surface area contributed by atoms with E-state index >= 15 is 0 Å². The summed E-state index contributed by atoms with van der Waals surface area (Å²) in [5.74, 6) is 1.15. The first-order valence-electron chi connectivity index (χ1n) is 17.1. The lowest BCUT2D eigenvalue weighted by Gasteiger charge is -2.40. The van der Waals surface area contributed by atoms with Crippen LogP contribution >= 0.6 is 0 Å². The first kappa shape index (κ1) is 34.8. The number of hydrogen-bond acceptors (Lipinski definition) is 12. The molecule has 1 unspecified atom stereocenters. The number of anilines is 3. The highest BCUT2D eigenvalue weighted by molar-refractivity contribution is 5.84. The highest BCUT2D eigenvalue weighted by atomic mass is 16.5. The zero-order valence-corrected chi connectivity index (χ0v) is 28.8. The minimum atomic E-state index is -1.41. The van der Waals surface area contributed by atoms with E-state index in [4.69, 9.17) is 16.2 Å². The van der Waals surface area contributed by atoms with Gasteiger partial charge < -0.3 is 41.3 Å². The summed E-state index contributed by atoms with van der Waals surface area (Å²) in [7, 11) is 0. The van der Waals surface area contributed by atoms with Gasteiger partial charge in [0.2, 0.25) is 0 Å². The predicted octanol–water partition coefficient (Wildman–Crippen LogP) is 3.99. The van der Waals surface area contributed by atoms with Gasteiger partial charge in [-0.3, -0.25) is 4.79 Å². The third kappa shape index (κ3) is 7.43. The highest BCUT2D eigenvalue weighted by Gasteiger charge is 2.37. The number of rotatable bonds is 9. The van der Waals surface area contributed by atoms with Gasteiger partial charge in [0.25, 0.3) is 5.91 Å². The molecule has 0 aliphatic carbocycles. The van der Waals surface area contributed by atoms with Crippen molar-refractivity contribution in [2.45, 2.75) is 63.6 Å². The maximum absolute atomic E-state index is 12.6. The molecule has 0 saturated carbocycles. The summed E-state index contributed by atoms with van der Waals surface area (Å²) < 4.78 is 6.31. The van der Waals surface area contributed by atoms with Crippen molar-refractivity contribution >= 4 is 23.2 Å². The Kier molecular flexibility index (Phi) is 9.81. The molecule has 13 heteroatoms.